The Morgan fingerprint density at radius 3 is 3.00 bits per heavy atom. The molecule has 4 nitrogen and oxygen atoms in total. The maximum atomic E-state index is 13.5. The first-order valence-corrected chi connectivity index (χ1v) is 6.18. The van der Waals surface area contributed by atoms with Gasteiger partial charge in [-0.15, -0.1) is 0 Å². The van der Waals surface area contributed by atoms with Crippen LogP contribution in [0.25, 0.3) is 0 Å². The van der Waals surface area contributed by atoms with Crippen LogP contribution < -0.4 is 5.32 Å². The average molecular weight is 312 g/mol. The molecule has 0 fully saturated rings. The van der Waals surface area contributed by atoms with E-state index in [1.165, 1.54) is 6.07 Å². The van der Waals surface area contributed by atoms with Gasteiger partial charge in [0.05, 0.1) is 5.56 Å². The second-order valence-electron chi connectivity index (χ2n) is 3.64. The molecule has 0 aliphatic heterocycles. The van der Waals surface area contributed by atoms with Crippen LogP contribution >= 0.6 is 15.9 Å². The number of nitrogens with one attached hydrogen (secondary N) is 2. The maximum absolute atomic E-state index is 13.5. The SMILES string of the molecule is O=C(NCCc1ncc[nH]1)c1c(F)cccc1Br. The van der Waals surface area contributed by atoms with Gasteiger partial charge >= 0.3 is 0 Å². The Hall–Kier alpha value is -1.69. The van der Waals surface area contributed by atoms with Gasteiger partial charge in [0.1, 0.15) is 11.6 Å². The molecule has 1 amide bonds. The van der Waals surface area contributed by atoms with Crippen LogP contribution in [0.15, 0.2) is 35.1 Å². The summed E-state index contributed by atoms with van der Waals surface area (Å²) in [5.41, 5.74) is 0.0249. The molecule has 0 spiro atoms. The zero-order chi connectivity index (χ0) is 13.0. The number of carbonyl (C=O) groups is 1. The minimum Gasteiger partial charge on any atom is -0.351 e. The number of aromatic nitrogens is 2. The van der Waals surface area contributed by atoms with E-state index in [4.69, 9.17) is 0 Å². The second kappa shape index (κ2) is 5.77. The van der Waals surface area contributed by atoms with Crippen molar-refractivity contribution in [3.8, 4) is 0 Å². The van der Waals surface area contributed by atoms with Crippen molar-refractivity contribution in [2.24, 2.45) is 0 Å². The molecule has 0 aliphatic rings. The molecule has 0 unspecified atom stereocenters. The summed E-state index contributed by atoms with van der Waals surface area (Å²) in [6.45, 7) is 0.396. The van der Waals surface area contributed by atoms with Gasteiger partial charge in [-0.05, 0) is 28.1 Å². The summed E-state index contributed by atoms with van der Waals surface area (Å²) in [5.74, 6) is -0.200. The van der Waals surface area contributed by atoms with E-state index in [2.05, 4.69) is 31.2 Å². The van der Waals surface area contributed by atoms with E-state index in [0.29, 0.717) is 17.4 Å². The normalized spacial score (nSPS) is 10.3. The third-order valence-corrected chi connectivity index (χ3v) is 3.05. The van der Waals surface area contributed by atoms with Crippen molar-refractivity contribution in [2.45, 2.75) is 6.42 Å². The van der Waals surface area contributed by atoms with Crippen molar-refractivity contribution in [1.82, 2.24) is 15.3 Å². The molecule has 6 heteroatoms. The lowest BCUT2D eigenvalue weighted by Crippen LogP contribution is -2.27. The first-order chi connectivity index (χ1) is 8.68. The van der Waals surface area contributed by atoms with Crippen LogP contribution in [0.3, 0.4) is 0 Å². The smallest absolute Gasteiger partial charge is 0.255 e. The second-order valence-corrected chi connectivity index (χ2v) is 4.49. The van der Waals surface area contributed by atoms with E-state index in [1.807, 2.05) is 0 Å². The van der Waals surface area contributed by atoms with Crippen LogP contribution in [0.4, 0.5) is 4.39 Å². The van der Waals surface area contributed by atoms with Crippen molar-refractivity contribution in [1.29, 1.82) is 0 Å². The van der Waals surface area contributed by atoms with E-state index in [1.54, 1.807) is 24.5 Å². The van der Waals surface area contributed by atoms with Gasteiger partial charge in [-0.2, -0.15) is 0 Å². The predicted molar refractivity (Wildman–Crippen MR) is 68.7 cm³/mol. The lowest BCUT2D eigenvalue weighted by atomic mass is 10.2. The molecular weight excluding hydrogens is 301 g/mol. The molecule has 0 bridgehead atoms. The highest BCUT2D eigenvalue weighted by Crippen LogP contribution is 2.19. The lowest BCUT2D eigenvalue weighted by Gasteiger charge is -2.06. The largest absolute Gasteiger partial charge is 0.351 e. The molecule has 0 saturated carbocycles. The number of amides is 1. The molecule has 0 saturated heterocycles. The number of benzene rings is 1. The van der Waals surface area contributed by atoms with Crippen molar-refractivity contribution < 1.29 is 9.18 Å². The molecule has 18 heavy (non-hydrogen) atoms. The third-order valence-electron chi connectivity index (χ3n) is 2.39. The molecule has 1 aromatic carbocycles. The van der Waals surface area contributed by atoms with Crippen LogP contribution in [0.2, 0.25) is 0 Å². The van der Waals surface area contributed by atoms with Gasteiger partial charge in [-0.25, -0.2) is 9.37 Å². The van der Waals surface area contributed by atoms with Gasteiger partial charge in [0.25, 0.3) is 5.91 Å². The molecule has 2 aromatic rings. The first-order valence-electron chi connectivity index (χ1n) is 5.39. The molecule has 1 heterocycles. The first kappa shape index (κ1) is 12.8. The summed E-state index contributed by atoms with van der Waals surface area (Å²) >= 11 is 3.16. The molecule has 0 radical (unpaired) electrons. The van der Waals surface area contributed by atoms with Gasteiger partial charge in [0.15, 0.2) is 0 Å². The number of aromatic amines is 1. The lowest BCUT2D eigenvalue weighted by molar-refractivity contribution is 0.0949. The van der Waals surface area contributed by atoms with Crippen molar-refractivity contribution in [2.75, 3.05) is 6.54 Å². The summed E-state index contributed by atoms with van der Waals surface area (Å²) in [5, 5.41) is 2.65. The van der Waals surface area contributed by atoms with Crippen LogP contribution in [-0.4, -0.2) is 22.4 Å². The minimum absolute atomic E-state index is 0.0249. The van der Waals surface area contributed by atoms with Crippen molar-refractivity contribution in [3.63, 3.8) is 0 Å². The Morgan fingerprint density at radius 2 is 2.33 bits per heavy atom. The van der Waals surface area contributed by atoms with Gasteiger partial charge in [0, 0.05) is 29.8 Å². The van der Waals surface area contributed by atoms with Crippen molar-refractivity contribution in [3.05, 3.63) is 52.3 Å². The van der Waals surface area contributed by atoms with Crippen LogP contribution in [-0.2, 0) is 6.42 Å². The Labute approximate surface area is 112 Å². The molecular formula is C12H11BrFN3O. The van der Waals surface area contributed by atoms with E-state index >= 15 is 0 Å². The Bertz CT molecular complexity index is 522. The summed E-state index contributed by atoms with van der Waals surface area (Å²) in [6.07, 6.45) is 3.93. The van der Waals surface area contributed by atoms with Crippen LogP contribution in [0.1, 0.15) is 16.2 Å². The number of hydrogen-bond acceptors (Lipinski definition) is 2. The number of halogens is 2. The number of imidazole rings is 1. The zero-order valence-electron chi connectivity index (χ0n) is 9.41. The molecule has 1 aromatic heterocycles. The van der Waals surface area contributed by atoms with E-state index in [-0.39, 0.29) is 5.56 Å². The Morgan fingerprint density at radius 1 is 1.50 bits per heavy atom. The Kier molecular flexibility index (Phi) is 4.09. The minimum atomic E-state index is -0.542. The van der Waals surface area contributed by atoms with Crippen LogP contribution in [0.5, 0.6) is 0 Å². The summed E-state index contributed by atoms with van der Waals surface area (Å²) in [4.78, 5) is 18.8. The Balaban J connectivity index is 1.96. The quantitative estimate of drug-likeness (QED) is 0.910. The number of rotatable bonds is 4. The number of hydrogen-bond donors (Lipinski definition) is 2. The van der Waals surface area contributed by atoms with Crippen LogP contribution in [0, 0.1) is 5.82 Å². The number of nitrogens with zero attached hydrogens (tertiary/aromatic N) is 1. The number of H-pyrrole nitrogens is 1. The highest BCUT2D eigenvalue weighted by atomic mass is 79.9. The van der Waals surface area contributed by atoms with Crippen molar-refractivity contribution >= 4 is 21.8 Å². The standard InChI is InChI=1S/C12H11BrFN3O/c13-8-2-1-3-9(14)11(8)12(18)17-5-4-10-15-6-7-16-10/h1-3,6-7H,4-5H2,(H,15,16)(H,17,18). The molecule has 0 aliphatic carbocycles. The zero-order valence-corrected chi connectivity index (χ0v) is 11.0. The highest BCUT2D eigenvalue weighted by Gasteiger charge is 2.14. The van der Waals surface area contributed by atoms with E-state index in [0.717, 1.165) is 5.82 Å². The maximum Gasteiger partial charge on any atom is 0.255 e. The molecule has 2 N–H and O–H groups in total. The predicted octanol–water partition coefficient (Wildman–Crippen LogP) is 2.28. The molecule has 94 valence electrons. The summed E-state index contributed by atoms with van der Waals surface area (Å²) in [6, 6.07) is 4.43. The number of carbonyl (C=O) groups excluding carboxylic acids is 1. The van der Waals surface area contributed by atoms with Gasteiger partial charge < -0.3 is 10.3 Å². The fourth-order valence-corrected chi connectivity index (χ4v) is 2.05. The highest BCUT2D eigenvalue weighted by molar-refractivity contribution is 9.10. The monoisotopic (exact) mass is 311 g/mol. The fraction of sp³-hybridized carbons (Fsp3) is 0.167. The summed E-state index contributed by atoms with van der Waals surface area (Å²) < 4.78 is 13.9. The van der Waals surface area contributed by atoms with E-state index in [9.17, 15) is 9.18 Å². The topological polar surface area (TPSA) is 57.8 Å². The van der Waals surface area contributed by atoms with E-state index < -0.39 is 11.7 Å². The molecule has 0 atom stereocenters. The average Bonchev–Trinajstić information content (AvgIpc) is 2.82. The summed E-state index contributed by atoms with van der Waals surface area (Å²) in [7, 11) is 0. The third kappa shape index (κ3) is 2.95. The van der Waals surface area contributed by atoms with Gasteiger partial charge in [0.2, 0.25) is 0 Å². The molecule has 2 rings (SSSR count). The van der Waals surface area contributed by atoms with Gasteiger partial charge in [-0.1, -0.05) is 6.07 Å². The fourth-order valence-electron chi connectivity index (χ4n) is 1.53. The van der Waals surface area contributed by atoms with Gasteiger partial charge in [-0.3, -0.25) is 4.79 Å².